The monoisotopic (exact) mass is 420 g/mol. The lowest BCUT2D eigenvalue weighted by atomic mass is 9.98. The van der Waals surface area contributed by atoms with E-state index < -0.39 is 11.9 Å². The number of amides is 1. The number of hydrogen-bond acceptors (Lipinski definition) is 5. The van der Waals surface area contributed by atoms with Gasteiger partial charge in [-0.05, 0) is 48.7 Å². The molecule has 6 nitrogen and oxygen atoms in total. The van der Waals surface area contributed by atoms with Crippen molar-refractivity contribution in [3.8, 4) is 0 Å². The highest BCUT2D eigenvalue weighted by molar-refractivity contribution is 6.30. The van der Waals surface area contributed by atoms with Gasteiger partial charge in [-0.25, -0.2) is 0 Å². The van der Waals surface area contributed by atoms with Crippen LogP contribution in [0, 0.1) is 6.92 Å². The number of carbonyl (C=O) groups excluding carboxylic acids is 1. The van der Waals surface area contributed by atoms with E-state index in [1.807, 2.05) is 19.1 Å². The smallest absolute Gasteiger partial charge is 0.296 e. The molecular weight excluding hydrogens is 404 g/mol. The summed E-state index contributed by atoms with van der Waals surface area (Å²) in [5.41, 5.74) is 2.20. The second-order valence-corrected chi connectivity index (χ2v) is 7.72. The zero-order valence-electron chi connectivity index (χ0n) is 16.3. The lowest BCUT2D eigenvalue weighted by Crippen LogP contribution is -2.29. The van der Waals surface area contributed by atoms with Gasteiger partial charge in [0.1, 0.15) is 11.3 Å². The average Bonchev–Trinajstić information content (AvgIpc) is 3.30. The normalized spacial score (nSPS) is 15.8. The minimum atomic E-state index is -0.694. The average molecular weight is 421 g/mol. The molecule has 0 spiro atoms. The number of aryl methyl sites for hydroxylation is 2. The number of benzene rings is 2. The number of fused-ring (bicyclic) bond motifs is 2. The number of rotatable bonds is 3. The molecule has 5 rings (SSSR count). The number of carbonyl (C=O) groups is 1. The molecule has 0 saturated heterocycles. The molecule has 0 bridgehead atoms. The molecule has 1 aliphatic rings. The van der Waals surface area contributed by atoms with Crippen molar-refractivity contribution in [3.63, 3.8) is 0 Å². The van der Waals surface area contributed by atoms with Gasteiger partial charge >= 0.3 is 0 Å². The first-order valence-electron chi connectivity index (χ1n) is 9.60. The third kappa shape index (κ3) is 2.75. The van der Waals surface area contributed by atoms with E-state index >= 15 is 0 Å². The second kappa shape index (κ2) is 6.85. The number of hydrogen-bond donors (Lipinski definition) is 0. The molecule has 3 heterocycles. The van der Waals surface area contributed by atoms with E-state index in [4.69, 9.17) is 20.5 Å². The van der Waals surface area contributed by atoms with Gasteiger partial charge in [0.15, 0.2) is 11.2 Å². The van der Waals surface area contributed by atoms with Crippen LogP contribution in [-0.4, -0.2) is 11.1 Å². The summed E-state index contributed by atoms with van der Waals surface area (Å²) in [5, 5.41) is 5.03. The molecule has 2 aromatic heterocycles. The Hall–Kier alpha value is -3.38. The van der Waals surface area contributed by atoms with Crippen molar-refractivity contribution in [2.24, 2.45) is 0 Å². The van der Waals surface area contributed by atoms with E-state index in [2.05, 4.69) is 5.16 Å². The Kier molecular flexibility index (Phi) is 4.25. The molecule has 4 aromatic rings. The Morgan fingerprint density at radius 1 is 1.10 bits per heavy atom. The fourth-order valence-electron chi connectivity index (χ4n) is 3.90. The maximum atomic E-state index is 13.6. The summed E-state index contributed by atoms with van der Waals surface area (Å²) in [4.78, 5) is 28.4. The van der Waals surface area contributed by atoms with Crippen molar-refractivity contribution < 1.29 is 13.7 Å². The standard InChI is InChI=1S/C23H17ClN2O4/c1-3-13-4-9-17-16(11-13)21(27)19-20(14-5-7-15(24)8-6-14)26(23(28)22(19)29-17)18-10-12(2)30-25-18/h4-11,20H,3H2,1-2H3/t20-/m0/s1. The fraction of sp³-hybridized carbons (Fsp3) is 0.174. The summed E-state index contributed by atoms with van der Waals surface area (Å²) in [6, 6.07) is 13.5. The molecule has 0 aliphatic carbocycles. The van der Waals surface area contributed by atoms with Crippen LogP contribution in [-0.2, 0) is 6.42 Å². The summed E-state index contributed by atoms with van der Waals surface area (Å²) in [6.45, 7) is 3.76. The summed E-state index contributed by atoms with van der Waals surface area (Å²) < 4.78 is 11.1. The Balaban J connectivity index is 1.81. The van der Waals surface area contributed by atoms with Crippen molar-refractivity contribution >= 4 is 34.3 Å². The predicted octanol–water partition coefficient (Wildman–Crippen LogP) is 5.06. The summed E-state index contributed by atoms with van der Waals surface area (Å²) in [7, 11) is 0. The third-order valence-electron chi connectivity index (χ3n) is 5.39. The first kappa shape index (κ1) is 18.6. The van der Waals surface area contributed by atoms with Gasteiger partial charge in [0, 0.05) is 11.1 Å². The van der Waals surface area contributed by atoms with Crippen molar-refractivity contribution in [3.05, 3.63) is 92.0 Å². The second-order valence-electron chi connectivity index (χ2n) is 7.28. The lowest BCUT2D eigenvalue weighted by molar-refractivity contribution is 0.0969. The first-order valence-corrected chi connectivity index (χ1v) is 9.97. The van der Waals surface area contributed by atoms with Gasteiger partial charge < -0.3 is 8.94 Å². The Labute approximate surface area is 176 Å². The zero-order valence-corrected chi connectivity index (χ0v) is 17.1. The Morgan fingerprint density at radius 3 is 2.53 bits per heavy atom. The molecule has 0 N–H and O–H groups in total. The fourth-order valence-corrected chi connectivity index (χ4v) is 4.03. The van der Waals surface area contributed by atoms with Crippen LogP contribution in [0.3, 0.4) is 0 Å². The first-order chi connectivity index (χ1) is 14.5. The Morgan fingerprint density at radius 2 is 1.87 bits per heavy atom. The van der Waals surface area contributed by atoms with Gasteiger partial charge in [0.05, 0.1) is 17.0 Å². The lowest BCUT2D eigenvalue weighted by Gasteiger charge is -2.22. The molecule has 0 radical (unpaired) electrons. The van der Waals surface area contributed by atoms with Crippen molar-refractivity contribution in [2.45, 2.75) is 26.3 Å². The van der Waals surface area contributed by atoms with E-state index in [-0.39, 0.29) is 11.2 Å². The van der Waals surface area contributed by atoms with Crippen LogP contribution in [0.5, 0.6) is 0 Å². The third-order valence-corrected chi connectivity index (χ3v) is 5.64. The predicted molar refractivity (Wildman–Crippen MR) is 113 cm³/mol. The van der Waals surface area contributed by atoms with Gasteiger partial charge in [-0.2, -0.15) is 0 Å². The topological polar surface area (TPSA) is 76.6 Å². The van der Waals surface area contributed by atoms with Crippen molar-refractivity contribution in [1.82, 2.24) is 5.16 Å². The molecule has 1 amide bonds. The minimum absolute atomic E-state index is 0.0253. The highest BCUT2D eigenvalue weighted by atomic mass is 35.5. The maximum Gasteiger partial charge on any atom is 0.296 e. The summed E-state index contributed by atoms with van der Waals surface area (Å²) in [6.07, 6.45) is 0.788. The minimum Gasteiger partial charge on any atom is -0.450 e. The molecule has 1 atom stereocenters. The van der Waals surface area contributed by atoms with Gasteiger partial charge in [-0.1, -0.05) is 41.9 Å². The molecular formula is C23H17ClN2O4. The largest absolute Gasteiger partial charge is 0.450 e. The molecule has 0 unspecified atom stereocenters. The van der Waals surface area contributed by atoms with Crippen LogP contribution in [0.1, 0.15) is 46.0 Å². The van der Waals surface area contributed by atoms with Crippen LogP contribution in [0.25, 0.3) is 11.0 Å². The molecule has 0 saturated carbocycles. The Bertz CT molecular complexity index is 1350. The van der Waals surface area contributed by atoms with E-state index in [1.165, 1.54) is 4.90 Å². The SMILES string of the molecule is CCc1ccc2oc3c(c(=O)c2c1)[C@H](c1ccc(Cl)cc1)N(c1cc(C)on1)C3=O. The van der Waals surface area contributed by atoms with E-state index in [9.17, 15) is 9.59 Å². The van der Waals surface area contributed by atoms with E-state index in [0.717, 1.165) is 17.5 Å². The van der Waals surface area contributed by atoms with Crippen LogP contribution >= 0.6 is 11.6 Å². The van der Waals surface area contributed by atoms with E-state index in [1.54, 1.807) is 43.3 Å². The van der Waals surface area contributed by atoms with Crippen LogP contribution in [0.15, 0.2) is 62.3 Å². The summed E-state index contributed by atoms with van der Waals surface area (Å²) in [5.74, 6) is 0.469. The van der Waals surface area contributed by atoms with Crippen molar-refractivity contribution in [2.75, 3.05) is 4.90 Å². The van der Waals surface area contributed by atoms with Gasteiger partial charge in [0.25, 0.3) is 5.91 Å². The number of halogens is 1. The van der Waals surface area contributed by atoms with Crippen LogP contribution in [0.2, 0.25) is 5.02 Å². The molecule has 0 fully saturated rings. The van der Waals surface area contributed by atoms with Crippen molar-refractivity contribution in [1.29, 1.82) is 0 Å². The highest BCUT2D eigenvalue weighted by Crippen LogP contribution is 2.41. The van der Waals surface area contributed by atoms with Gasteiger partial charge in [-0.15, -0.1) is 0 Å². The molecule has 1 aliphatic heterocycles. The molecule has 150 valence electrons. The van der Waals surface area contributed by atoms with Gasteiger partial charge in [-0.3, -0.25) is 14.5 Å². The van der Waals surface area contributed by atoms with Crippen LogP contribution < -0.4 is 10.3 Å². The number of aromatic nitrogens is 1. The molecule has 7 heteroatoms. The van der Waals surface area contributed by atoms with E-state index in [0.29, 0.717) is 33.1 Å². The number of anilines is 1. The number of nitrogens with zero attached hydrogens (tertiary/aromatic N) is 2. The maximum absolute atomic E-state index is 13.6. The highest BCUT2D eigenvalue weighted by Gasteiger charge is 2.44. The quantitative estimate of drug-likeness (QED) is 0.463. The zero-order chi connectivity index (χ0) is 21.0. The molecule has 30 heavy (non-hydrogen) atoms. The summed E-state index contributed by atoms with van der Waals surface area (Å²) >= 11 is 6.06. The van der Waals surface area contributed by atoms with Gasteiger partial charge in [0.2, 0.25) is 5.76 Å². The van der Waals surface area contributed by atoms with Crippen LogP contribution in [0.4, 0.5) is 5.82 Å². The molecule has 2 aromatic carbocycles.